The number of nitrogens with one attached hydrogen (secondary N) is 1. The molecule has 0 aliphatic carbocycles. The number of piperazine rings is 1. The first-order chi connectivity index (χ1) is 14.2. The minimum absolute atomic E-state index is 0.307. The van der Waals surface area contributed by atoms with Crippen LogP contribution in [-0.4, -0.2) is 52.6 Å². The van der Waals surface area contributed by atoms with E-state index in [-0.39, 0.29) is 5.75 Å². The second-order valence-electron chi connectivity index (χ2n) is 7.37. The molecule has 1 aliphatic heterocycles. The SMILES string of the molecule is O=S(=O)(Cc1ccc(C(F)(F)F)cc1)NCCCN1CCN(c2ccccc2)CC1. The minimum Gasteiger partial charge on any atom is -0.369 e. The summed E-state index contributed by atoms with van der Waals surface area (Å²) in [5, 5.41) is 0. The van der Waals surface area contributed by atoms with Crippen molar-refractivity contribution in [1.29, 1.82) is 0 Å². The summed E-state index contributed by atoms with van der Waals surface area (Å²) in [5.74, 6) is -0.332. The Morgan fingerprint density at radius 3 is 2.13 bits per heavy atom. The molecule has 1 N–H and O–H groups in total. The van der Waals surface area contributed by atoms with Crippen LogP contribution in [0.5, 0.6) is 0 Å². The molecule has 1 heterocycles. The molecule has 0 unspecified atom stereocenters. The van der Waals surface area contributed by atoms with Crippen LogP contribution < -0.4 is 9.62 Å². The molecule has 2 aromatic rings. The molecule has 1 aliphatic rings. The Hall–Kier alpha value is -2.10. The molecular formula is C21H26F3N3O2S. The number of anilines is 1. The lowest BCUT2D eigenvalue weighted by molar-refractivity contribution is -0.137. The summed E-state index contributed by atoms with van der Waals surface area (Å²) in [6.45, 7) is 4.82. The zero-order valence-corrected chi connectivity index (χ0v) is 17.4. The highest BCUT2D eigenvalue weighted by atomic mass is 32.2. The quantitative estimate of drug-likeness (QED) is 0.639. The van der Waals surface area contributed by atoms with Crippen molar-refractivity contribution < 1.29 is 21.6 Å². The Morgan fingerprint density at radius 1 is 0.900 bits per heavy atom. The van der Waals surface area contributed by atoms with Crippen molar-refractivity contribution in [3.8, 4) is 0 Å². The van der Waals surface area contributed by atoms with Gasteiger partial charge in [0.2, 0.25) is 10.0 Å². The van der Waals surface area contributed by atoms with E-state index in [1.54, 1.807) is 0 Å². The predicted molar refractivity (Wildman–Crippen MR) is 112 cm³/mol. The van der Waals surface area contributed by atoms with Crippen molar-refractivity contribution >= 4 is 15.7 Å². The molecule has 5 nitrogen and oxygen atoms in total. The first-order valence-electron chi connectivity index (χ1n) is 9.89. The summed E-state index contributed by atoms with van der Waals surface area (Å²) in [6, 6.07) is 14.5. The van der Waals surface area contributed by atoms with Gasteiger partial charge in [-0.2, -0.15) is 13.2 Å². The standard InChI is InChI=1S/C21H26F3N3O2S/c22-21(23,24)19-9-7-18(8-10-19)17-30(28,29)25-11-4-12-26-13-15-27(16-14-26)20-5-2-1-3-6-20/h1-3,5-10,25H,4,11-17H2. The van der Waals surface area contributed by atoms with Crippen molar-refractivity contribution in [2.24, 2.45) is 0 Å². The fraction of sp³-hybridized carbons (Fsp3) is 0.429. The van der Waals surface area contributed by atoms with Gasteiger partial charge in [-0.3, -0.25) is 4.90 Å². The van der Waals surface area contributed by atoms with Gasteiger partial charge in [0.15, 0.2) is 0 Å². The summed E-state index contributed by atoms with van der Waals surface area (Å²) in [5.41, 5.74) is 0.754. The van der Waals surface area contributed by atoms with Gasteiger partial charge in [-0.15, -0.1) is 0 Å². The zero-order valence-electron chi connectivity index (χ0n) is 16.6. The Kier molecular flexibility index (Phi) is 7.38. The average Bonchev–Trinajstić information content (AvgIpc) is 2.72. The number of benzene rings is 2. The number of sulfonamides is 1. The smallest absolute Gasteiger partial charge is 0.369 e. The van der Waals surface area contributed by atoms with Crippen LogP contribution in [0.1, 0.15) is 17.5 Å². The maximum Gasteiger partial charge on any atom is 0.416 e. The summed E-state index contributed by atoms with van der Waals surface area (Å²) in [6.07, 6.45) is -3.75. The van der Waals surface area contributed by atoms with E-state index in [1.807, 2.05) is 18.2 Å². The Morgan fingerprint density at radius 2 is 1.53 bits per heavy atom. The number of alkyl halides is 3. The molecule has 30 heavy (non-hydrogen) atoms. The van der Waals surface area contributed by atoms with Gasteiger partial charge < -0.3 is 4.90 Å². The van der Waals surface area contributed by atoms with E-state index in [0.717, 1.165) is 44.9 Å². The van der Waals surface area contributed by atoms with Gasteiger partial charge in [-0.1, -0.05) is 30.3 Å². The number of para-hydroxylation sites is 1. The maximum atomic E-state index is 12.6. The van der Waals surface area contributed by atoms with E-state index in [1.165, 1.54) is 17.8 Å². The molecule has 1 saturated heterocycles. The summed E-state index contributed by atoms with van der Waals surface area (Å²) in [4.78, 5) is 4.65. The molecule has 0 saturated carbocycles. The van der Waals surface area contributed by atoms with Gasteiger partial charge in [0.05, 0.1) is 11.3 Å². The van der Waals surface area contributed by atoms with Crippen LogP contribution >= 0.6 is 0 Å². The van der Waals surface area contributed by atoms with E-state index in [9.17, 15) is 21.6 Å². The van der Waals surface area contributed by atoms with Crippen molar-refractivity contribution in [3.63, 3.8) is 0 Å². The highest BCUT2D eigenvalue weighted by molar-refractivity contribution is 7.88. The Balaban J connectivity index is 1.37. The molecule has 1 fully saturated rings. The average molecular weight is 442 g/mol. The normalized spacial score (nSPS) is 16.0. The highest BCUT2D eigenvalue weighted by Crippen LogP contribution is 2.29. The molecule has 3 rings (SSSR count). The largest absolute Gasteiger partial charge is 0.416 e. The van der Waals surface area contributed by atoms with Gasteiger partial charge in [0.1, 0.15) is 0 Å². The molecule has 0 spiro atoms. The fourth-order valence-corrected chi connectivity index (χ4v) is 4.65. The zero-order chi connectivity index (χ0) is 21.6. The highest BCUT2D eigenvalue weighted by Gasteiger charge is 2.30. The molecule has 0 amide bonds. The number of hydrogen-bond acceptors (Lipinski definition) is 4. The molecular weight excluding hydrogens is 415 g/mol. The van der Waals surface area contributed by atoms with Crippen LogP contribution in [0.15, 0.2) is 54.6 Å². The van der Waals surface area contributed by atoms with E-state index in [4.69, 9.17) is 0 Å². The van der Waals surface area contributed by atoms with E-state index in [0.29, 0.717) is 18.5 Å². The van der Waals surface area contributed by atoms with Crippen LogP contribution in [0.25, 0.3) is 0 Å². The van der Waals surface area contributed by atoms with Gasteiger partial charge >= 0.3 is 6.18 Å². The van der Waals surface area contributed by atoms with Crippen LogP contribution in [0.3, 0.4) is 0 Å². The van der Waals surface area contributed by atoms with Gasteiger partial charge in [0, 0.05) is 38.4 Å². The predicted octanol–water partition coefficient (Wildman–Crippen LogP) is 3.34. The molecule has 0 aromatic heterocycles. The van der Waals surface area contributed by atoms with Crippen molar-refractivity contribution in [1.82, 2.24) is 9.62 Å². The lowest BCUT2D eigenvalue weighted by Crippen LogP contribution is -2.47. The second-order valence-corrected chi connectivity index (χ2v) is 9.17. The topological polar surface area (TPSA) is 52.7 Å². The molecule has 2 aromatic carbocycles. The van der Waals surface area contributed by atoms with E-state index < -0.39 is 21.8 Å². The molecule has 0 atom stereocenters. The lowest BCUT2D eigenvalue weighted by atomic mass is 10.1. The van der Waals surface area contributed by atoms with Crippen LogP contribution in [0.2, 0.25) is 0 Å². The first-order valence-corrected chi connectivity index (χ1v) is 11.5. The van der Waals surface area contributed by atoms with E-state index >= 15 is 0 Å². The number of hydrogen-bond donors (Lipinski definition) is 1. The number of rotatable bonds is 8. The summed E-state index contributed by atoms with van der Waals surface area (Å²) in [7, 11) is -3.59. The summed E-state index contributed by atoms with van der Waals surface area (Å²) >= 11 is 0. The van der Waals surface area contributed by atoms with Gasteiger partial charge in [-0.25, -0.2) is 13.1 Å². The van der Waals surface area contributed by atoms with Crippen LogP contribution in [0, 0.1) is 0 Å². The van der Waals surface area contributed by atoms with Gasteiger partial charge in [0.25, 0.3) is 0 Å². The summed E-state index contributed by atoms with van der Waals surface area (Å²) < 4.78 is 64.7. The molecule has 0 bridgehead atoms. The van der Waals surface area contributed by atoms with Crippen LogP contribution in [-0.2, 0) is 22.0 Å². The van der Waals surface area contributed by atoms with Crippen molar-refractivity contribution in [3.05, 3.63) is 65.7 Å². The van der Waals surface area contributed by atoms with E-state index in [2.05, 4.69) is 26.7 Å². The Labute approximate surface area is 175 Å². The Bertz CT molecular complexity index is 895. The maximum absolute atomic E-state index is 12.6. The first kappa shape index (κ1) is 22.6. The molecule has 0 radical (unpaired) electrons. The number of halogens is 3. The number of nitrogens with zero attached hydrogens (tertiary/aromatic N) is 2. The molecule has 164 valence electrons. The second kappa shape index (κ2) is 9.80. The fourth-order valence-electron chi connectivity index (χ4n) is 3.46. The van der Waals surface area contributed by atoms with Crippen molar-refractivity contribution in [2.75, 3.05) is 44.2 Å². The van der Waals surface area contributed by atoms with Gasteiger partial charge in [-0.05, 0) is 42.8 Å². The third kappa shape index (κ3) is 6.72. The van der Waals surface area contributed by atoms with Crippen molar-refractivity contribution in [2.45, 2.75) is 18.3 Å². The lowest BCUT2D eigenvalue weighted by Gasteiger charge is -2.36. The minimum atomic E-state index is -4.43. The third-order valence-corrected chi connectivity index (χ3v) is 6.46. The van der Waals surface area contributed by atoms with Crippen LogP contribution in [0.4, 0.5) is 18.9 Å². The monoisotopic (exact) mass is 441 g/mol. The molecule has 9 heteroatoms. The third-order valence-electron chi connectivity index (χ3n) is 5.10.